The highest BCUT2D eigenvalue weighted by atomic mass is 15.1. The Kier molecular flexibility index (Phi) is 2.64. The molecular weight excluding hydrogens is 162 g/mol. The summed E-state index contributed by atoms with van der Waals surface area (Å²) in [6.45, 7) is 0.875. The Labute approximate surface area is 79.2 Å². The van der Waals surface area contributed by atoms with Crippen molar-refractivity contribution in [2.45, 2.75) is 38.3 Å². The zero-order chi connectivity index (χ0) is 9.10. The highest BCUT2D eigenvalue weighted by molar-refractivity contribution is 4.98. The molecule has 1 aliphatic carbocycles. The fourth-order valence-corrected chi connectivity index (χ4v) is 2.05. The van der Waals surface area contributed by atoms with E-state index in [9.17, 15) is 0 Å². The van der Waals surface area contributed by atoms with Gasteiger partial charge in [-0.1, -0.05) is 12.8 Å². The molecule has 1 saturated carbocycles. The average molecular weight is 179 g/mol. The minimum Gasteiger partial charge on any atom is -0.334 e. The van der Waals surface area contributed by atoms with Crippen LogP contribution in [-0.2, 0) is 6.54 Å². The van der Waals surface area contributed by atoms with E-state index in [0.29, 0.717) is 0 Å². The second-order valence-electron chi connectivity index (χ2n) is 3.78. The predicted octanol–water partition coefficient (Wildman–Crippen LogP) is 1.72. The van der Waals surface area contributed by atoms with Gasteiger partial charge in [0.25, 0.3) is 0 Å². The molecular formula is C10H17N3. The number of aromatic nitrogens is 2. The molecule has 3 nitrogen and oxygen atoms in total. The molecule has 3 heteroatoms. The minimum atomic E-state index is 0.720. The molecule has 0 bridgehead atoms. The van der Waals surface area contributed by atoms with Crippen LogP contribution in [0.5, 0.6) is 0 Å². The molecule has 1 N–H and O–H groups in total. The lowest BCUT2D eigenvalue weighted by atomic mass is 10.2. The van der Waals surface area contributed by atoms with E-state index in [1.807, 2.05) is 13.4 Å². The minimum absolute atomic E-state index is 0.720. The van der Waals surface area contributed by atoms with Crippen molar-refractivity contribution in [1.82, 2.24) is 14.9 Å². The first-order valence-electron chi connectivity index (χ1n) is 5.07. The monoisotopic (exact) mass is 179 g/mol. The van der Waals surface area contributed by atoms with E-state index >= 15 is 0 Å². The van der Waals surface area contributed by atoms with Gasteiger partial charge in [-0.2, -0.15) is 0 Å². The standard InChI is InChI=1S/C10H17N3/c1-11-6-9-7-13(8-12-9)10-4-2-3-5-10/h7-8,10-11H,2-6H2,1H3. The SMILES string of the molecule is CNCc1cn(C2CCCC2)cn1. The first-order chi connectivity index (χ1) is 6.40. The van der Waals surface area contributed by atoms with E-state index in [4.69, 9.17) is 0 Å². The van der Waals surface area contributed by atoms with Crippen LogP contribution in [0.2, 0.25) is 0 Å². The molecule has 0 aromatic carbocycles. The van der Waals surface area contributed by atoms with E-state index < -0.39 is 0 Å². The lowest BCUT2D eigenvalue weighted by Gasteiger charge is -2.09. The molecule has 0 unspecified atom stereocenters. The first-order valence-corrected chi connectivity index (χ1v) is 5.07. The summed E-state index contributed by atoms with van der Waals surface area (Å²) in [4.78, 5) is 4.35. The summed E-state index contributed by atoms with van der Waals surface area (Å²) in [6.07, 6.45) is 9.56. The molecule has 2 rings (SSSR count). The molecule has 1 aromatic heterocycles. The van der Waals surface area contributed by atoms with Gasteiger partial charge in [0, 0.05) is 18.8 Å². The summed E-state index contributed by atoms with van der Waals surface area (Å²) in [5.74, 6) is 0. The molecule has 72 valence electrons. The Bertz CT molecular complexity index is 261. The van der Waals surface area contributed by atoms with Crippen LogP contribution in [-0.4, -0.2) is 16.6 Å². The van der Waals surface area contributed by atoms with Crippen LogP contribution in [0, 0.1) is 0 Å². The lowest BCUT2D eigenvalue weighted by molar-refractivity contribution is 0.517. The first kappa shape index (κ1) is 8.75. The zero-order valence-corrected chi connectivity index (χ0v) is 8.16. The zero-order valence-electron chi connectivity index (χ0n) is 8.16. The highest BCUT2D eigenvalue weighted by Gasteiger charge is 2.16. The van der Waals surface area contributed by atoms with E-state index in [0.717, 1.165) is 18.3 Å². The number of nitrogens with one attached hydrogen (secondary N) is 1. The van der Waals surface area contributed by atoms with Crippen molar-refractivity contribution in [2.75, 3.05) is 7.05 Å². The average Bonchev–Trinajstić information content (AvgIpc) is 2.70. The quantitative estimate of drug-likeness (QED) is 0.765. The predicted molar refractivity (Wildman–Crippen MR) is 52.5 cm³/mol. The van der Waals surface area contributed by atoms with Gasteiger partial charge in [-0.15, -0.1) is 0 Å². The Hall–Kier alpha value is -0.830. The summed E-state index contributed by atoms with van der Waals surface area (Å²) >= 11 is 0. The molecule has 0 spiro atoms. The fraction of sp³-hybridized carbons (Fsp3) is 0.700. The van der Waals surface area contributed by atoms with Gasteiger partial charge in [0.1, 0.15) is 0 Å². The molecule has 1 aromatic rings. The summed E-state index contributed by atoms with van der Waals surface area (Å²) in [7, 11) is 1.95. The van der Waals surface area contributed by atoms with Crippen LogP contribution >= 0.6 is 0 Å². The molecule has 0 saturated heterocycles. The highest BCUT2D eigenvalue weighted by Crippen LogP contribution is 2.29. The van der Waals surface area contributed by atoms with Crippen molar-refractivity contribution in [3.63, 3.8) is 0 Å². The van der Waals surface area contributed by atoms with Crippen molar-refractivity contribution >= 4 is 0 Å². The Morgan fingerprint density at radius 3 is 3.00 bits per heavy atom. The normalized spacial score (nSPS) is 18.2. The topological polar surface area (TPSA) is 29.9 Å². The van der Waals surface area contributed by atoms with E-state index in [1.165, 1.54) is 25.7 Å². The molecule has 0 amide bonds. The van der Waals surface area contributed by atoms with Crippen LogP contribution < -0.4 is 5.32 Å². The van der Waals surface area contributed by atoms with Crippen LogP contribution in [0.1, 0.15) is 37.4 Å². The van der Waals surface area contributed by atoms with Crippen LogP contribution in [0.3, 0.4) is 0 Å². The fourth-order valence-electron chi connectivity index (χ4n) is 2.05. The maximum atomic E-state index is 4.35. The van der Waals surface area contributed by atoms with Crippen molar-refractivity contribution in [3.8, 4) is 0 Å². The van der Waals surface area contributed by atoms with Gasteiger partial charge in [-0.3, -0.25) is 0 Å². The molecule has 1 fully saturated rings. The number of rotatable bonds is 3. The van der Waals surface area contributed by atoms with Crippen molar-refractivity contribution in [1.29, 1.82) is 0 Å². The molecule has 0 aliphatic heterocycles. The van der Waals surface area contributed by atoms with Crippen LogP contribution in [0.15, 0.2) is 12.5 Å². The van der Waals surface area contributed by atoms with Gasteiger partial charge < -0.3 is 9.88 Å². The third-order valence-electron chi connectivity index (χ3n) is 2.76. The van der Waals surface area contributed by atoms with Crippen molar-refractivity contribution in [2.24, 2.45) is 0 Å². The summed E-state index contributed by atoms with van der Waals surface area (Å²) in [5, 5.41) is 3.11. The van der Waals surface area contributed by atoms with Gasteiger partial charge in [-0.05, 0) is 19.9 Å². The van der Waals surface area contributed by atoms with Crippen LogP contribution in [0.4, 0.5) is 0 Å². The third kappa shape index (κ3) is 1.91. The van der Waals surface area contributed by atoms with Crippen molar-refractivity contribution < 1.29 is 0 Å². The van der Waals surface area contributed by atoms with E-state index in [-0.39, 0.29) is 0 Å². The van der Waals surface area contributed by atoms with Gasteiger partial charge in [0.2, 0.25) is 0 Å². The lowest BCUT2D eigenvalue weighted by Crippen LogP contribution is -2.05. The molecule has 13 heavy (non-hydrogen) atoms. The smallest absolute Gasteiger partial charge is 0.0952 e. The largest absolute Gasteiger partial charge is 0.334 e. The Morgan fingerprint density at radius 1 is 1.54 bits per heavy atom. The maximum absolute atomic E-state index is 4.35. The Morgan fingerprint density at radius 2 is 2.31 bits per heavy atom. The summed E-state index contributed by atoms with van der Waals surface area (Å²) < 4.78 is 2.28. The van der Waals surface area contributed by atoms with Gasteiger partial charge >= 0.3 is 0 Å². The maximum Gasteiger partial charge on any atom is 0.0952 e. The number of hydrogen-bond acceptors (Lipinski definition) is 2. The second kappa shape index (κ2) is 3.92. The third-order valence-corrected chi connectivity index (χ3v) is 2.76. The summed E-state index contributed by atoms with van der Waals surface area (Å²) in [6, 6.07) is 0.720. The van der Waals surface area contributed by atoms with Gasteiger partial charge in [-0.25, -0.2) is 4.98 Å². The molecule has 0 radical (unpaired) electrons. The number of imidazole rings is 1. The number of hydrogen-bond donors (Lipinski definition) is 1. The van der Waals surface area contributed by atoms with Gasteiger partial charge in [0.15, 0.2) is 0 Å². The van der Waals surface area contributed by atoms with Crippen LogP contribution in [0.25, 0.3) is 0 Å². The van der Waals surface area contributed by atoms with E-state index in [1.54, 1.807) is 0 Å². The molecule has 0 atom stereocenters. The Balaban J connectivity index is 2.03. The second-order valence-corrected chi connectivity index (χ2v) is 3.78. The molecule has 1 heterocycles. The number of nitrogens with zero attached hydrogens (tertiary/aromatic N) is 2. The van der Waals surface area contributed by atoms with Crippen molar-refractivity contribution in [3.05, 3.63) is 18.2 Å². The molecule has 1 aliphatic rings. The summed E-state index contributed by atoms with van der Waals surface area (Å²) in [5.41, 5.74) is 1.15. The van der Waals surface area contributed by atoms with Gasteiger partial charge in [0.05, 0.1) is 12.0 Å². The van der Waals surface area contributed by atoms with E-state index in [2.05, 4.69) is 21.1 Å².